The van der Waals surface area contributed by atoms with Crippen LogP contribution in [0.3, 0.4) is 0 Å². The van der Waals surface area contributed by atoms with E-state index in [2.05, 4.69) is 0 Å². The Bertz CT molecular complexity index is 1000. The molecule has 0 spiro atoms. The largest absolute Gasteiger partial charge is 0.493 e. The number of ether oxygens (including phenoxy) is 2. The van der Waals surface area contributed by atoms with E-state index in [1.165, 1.54) is 0 Å². The molecule has 170 valence electrons. The molecular formula is C25H30N2O4S. The maximum absolute atomic E-state index is 13.9. The number of nitrogens with zero attached hydrogens (tertiary/aromatic N) is 2. The van der Waals surface area contributed by atoms with Gasteiger partial charge in [0, 0.05) is 30.6 Å². The fraction of sp³-hybridized carbons (Fsp3) is 0.440. The molecule has 2 aliphatic rings. The van der Waals surface area contributed by atoms with E-state index in [9.17, 15) is 9.59 Å². The van der Waals surface area contributed by atoms with Crippen molar-refractivity contribution in [2.75, 3.05) is 40.6 Å². The lowest BCUT2D eigenvalue weighted by Gasteiger charge is -2.42. The minimum absolute atomic E-state index is 0.0662. The summed E-state index contributed by atoms with van der Waals surface area (Å²) in [5.74, 6) is 0.446. The van der Waals surface area contributed by atoms with Crippen molar-refractivity contribution in [1.29, 1.82) is 0 Å². The van der Waals surface area contributed by atoms with E-state index >= 15 is 0 Å². The van der Waals surface area contributed by atoms with Crippen molar-refractivity contribution in [3.05, 3.63) is 53.1 Å². The van der Waals surface area contributed by atoms with Gasteiger partial charge in [0.15, 0.2) is 11.5 Å². The Balaban J connectivity index is 1.88. The van der Waals surface area contributed by atoms with E-state index in [1.807, 2.05) is 41.5 Å². The molecule has 2 aromatic rings. The highest BCUT2D eigenvalue weighted by molar-refractivity contribution is 7.98. The van der Waals surface area contributed by atoms with Gasteiger partial charge in [0.05, 0.1) is 26.2 Å². The number of hydrogen-bond acceptors (Lipinski definition) is 5. The van der Waals surface area contributed by atoms with Gasteiger partial charge in [0.2, 0.25) is 5.91 Å². The third-order valence-corrected chi connectivity index (χ3v) is 7.31. The van der Waals surface area contributed by atoms with Crippen LogP contribution in [0.25, 0.3) is 0 Å². The van der Waals surface area contributed by atoms with E-state index in [0.29, 0.717) is 22.6 Å². The fourth-order valence-corrected chi connectivity index (χ4v) is 5.25. The number of likely N-dealkylation sites (N-methyl/N-ethyl adjacent to an activating group) is 1. The monoisotopic (exact) mass is 454 g/mol. The van der Waals surface area contributed by atoms with E-state index in [-0.39, 0.29) is 11.8 Å². The molecule has 0 N–H and O–H groups in total. The molecular weight excluding hydrogens is 424 g/mol. The van der Waals surface area contributed by atoms with E-state index in [0.717, 1.165) is 42.8 Å². The third kappa shape index (κ3) is 3.94. The van der Waals surface area contributed by atoms with Crippen molar-refractivity contribution in [2.45, 2.75) is 36.1 Å². The molecule has 7 heteroatoms. The molecule has 32 heavy (non-hydrogen) atoms. The average Bonchev–Trinajstić information content (AvgIpc) is 2.85. The smallest absolute Gasteiger partial charge is 0.254 e. The number of piperidine rings is 1. The Labute approximate surface area is 193 Å². The van der Waals surface area contributed by atoms with Gasteiger partial charge in [-0.15, -0.1) is 11.8 Å². The van der Waals surface area contributed by atoms with Gasteiger partial charge in [0.25, 0.3) is 5.91 Å². The number of carbonyl (C=O) groups is 2. The molecule has 2 amide bonds. The summed E-state index contributed by atoms with van der Waals surface area (Å²) in [5, 5.41) is 0. The van der Waals surface area contributed by atoms with E-state index in [4.69, 9.17) is 9.47 Å². The highest BCUT2D eigenvalue weighted by atomic mass is 32.2. The number of thioether (sulfide) groups is 1. The predicted octanol–water partition coefficient (Wildman–Crippen LogP) is 4.35. The highest BCUT2D eigenvalue weighted by Gasteiger charge is 2.45. The lowest BCUT2D eigenvalue weighted by molar-refractivity contribution is -0.135. The molecule has 2 aliphatic heterocycles. The number of fused-ring (bicyclic) bond motifs is 1. The van der Waals surface area contributed by atoms with Crippen molar-refractivity contribution in [3.63, 3.8) is 0 Å². The highest BCUT2D eigenvalue weighted by Crippen LogP contribution is 2.46. The minimum atomic E-state index is -0.509. The maximum atomic E-state index is 13.9. The Kier molecular flexibility index (Phi) is 6.65. The first-order chi connectivity index (χ1) is 15.5. The van der Waals surface area contributed by atoms with Gasteiger partial charge in [-0.05, 0) is 60.9 Å². The SMILES string of the molecule is COc1cc2c(cc1OC)[C@H](C(=O)N1CCCCC1)[C@@H](c1ccc(SC)cc1)N(C)C2=O. The van der Waals surface area contributed by atoms with E-state index < -0.39 is 12.0 Å². The number of methoxy groups -OCH3 is 2. The van der Waals surface area contributed by atoms with E-state index in [1.54, 1.807) is 44.0 Å². The number of rotatable bonds is 5. The van der Waals surface area contributed by atoms with Crippen LogP contribution in [-0.4, -0.2) is 62.2 Å². The van der Waals surface area contributed by atoms with Crippen LogP contribution in [0.5, 0.6) is 11.5 Å². The van der Waals surface area contributed by atoms with Crippen molar-refractivity contribution >= 4 is 23.6 Å². The predicted molar refractivity (Wildman–Crippen MR) is 126 cm³/mol. The number of hydrogen-bond donors (Lipinski definition) is 0. The summed E-state index contributed by atoms with van der Waals surface area (Å²) >= 11 is 1.67. The summed E-state index contributed by atoms with van der Waals surface area (Å²) in [6, 6.07) is 11.3. The molecule has 0 aliphatic carbocycles. The topological polar surface area (TPSA) is 59.1 Å². The first-order valence-electron chi connectivity index (χ1n) is 11.0. The molecule has 2 atom stereocenters. The van der Waals surface area contributed by atoms with Crippen LogP contribution in [0, 0.1) is 0 Å². The van der Waals surface area contributed by atoms with Crippen molar-refractivity contribution in [3.8, 4) is 11.5 Å². The first-order valence-corrected chi connectivity index (χ1v) is 12.2. The fourth-order valence-electron chi connectivity index (χ4n) is 4.84. The summed E-state index contributed by atoms with van der Waals surface area (Å²) in [6.07, 6.45) is 5.20. The molecule has 6 nitrogen and oxygen atoms in total. The molecule has 1 saturated heterocycles. The summed E-state index contributed by atoms with van der Waals surface area (Å²) < 4.78 is 11.0. The van der Waals surface area contributed by atoms with Crippen molar-refractivity contribution < 1.29 is 19.1 Å². The molecule has 0 aromatic heterocycles. The number of benzene rings is 2. The van der Waals surface area contributed by atoms with Gasteiger partial charge in [-0.1, -0.05) is 12.1 Å². The zero-order valence-corrected chi connectivity index (χ0v) is 19.9. The molecule has 0 unspecified atom stereocenters. The maximum Gasteiger partial charge on any atom is 0.254 e. The summed E-state index contributed by atoms with van der Waals surface area (Å²) in [7, 11) is 4.90. The molecule has 0 saturated carbocycles. The van der Waals surface area contributed by atoms with Crippen LogP contribution in [0.1, 0.15) is 52.7 Å². The minimum Gasteiger partial charge on any atom is -0.493 e. The summed E-state index contributed by atoms with van der Waals surface area (Å²) in [4.78, 5) is 32.2. The van der Waals surface area contributed by atoms with Gasteiger partial charge in [-0.2, -0.15) is 0 Å². The van der Waals surface area contributed by atoms with Gasteiger partial charge < -0.3 is 19.3 Å². The van der Waals surface area contributed by atoms with Crippen LogP contribution in [0.15, 0.2) is 41.3 Å². The summed E-state index contributed by atoms with van der Waals surface area (Å²) in [5.41, 5.74) is 2.16. The Morgan fingerprint density at radius 2 is 1.62 bits per heavy atom. The zero-order valence-electron chi connectivity index (χ0n) is 19.1. The summed E-state index contributed by atoms with van der Waals surface area (Å²) in [6.45, 7) is 1.52. The Hall–Kier alpha value is -2.67. The molecule has 2 heterocycles. The third-order valence-electron chi connectivity index (χ3n) is 6.57. The van der Waals surface area contributed by atoms with Gasteiger partial charge in [-0.25, -0.2) is 0 Å². The lowest BCUT2D eigenvalue weighted by atomic mass is 9.78. The van der Waals surface area contributed by atoms with Crippen LogP contribution >= 0.6 is 11.8 Å². The molecule has 0 bridgehead atoms. The van der Waals surface area contributed by atoms with Gasteiger partial charge >= 0.3 is 0 Å². The molecule has 2 aromatic carbocycles. The van der Waals surface area contributed by atoms with Crippen LogP contribution in [-0.2, 0) is 4.79 Å². The van der Waals surface area contributed by atoms with Crippen LogP contribution in [0.2, 0.25) is 0 Å². The van der Waals surface area contributed by atoms with Gasteiger partial charge in [-0.3, -0.25) is 9.59 Å². The van der Waals surface area contributed by atoms with Gasteiger partial charge in [0.1, 0.15) is 0 Å². The zero-order chi connectivity index (χ0) is 22.8. The second-order valence-electron chi connectivity index (χ2n) is 8.29. The lowest BCUT2D eigenvalue weighted by Crippen LogP contribution is -2.48. The Morgan fingerprint density at radius 3 is 2.22 bits per heavy atom. The number of carbonyl (C=O) groups excluding carboxylic acids is 2. The standard InChI is InChI=1S/C25H30N2O4S/c1-26-23(16-8-10-17(32-4)11-9-16)22(25(29)27-12-6-5-7-13-27)18-14-20(30-2)21(31-3)15-19(18)24(26)28/h8-11,14-15,22-23H,5-7,12-13H2,1-4H3/t22-,23+/m0/s1. The quantitative estimate of drug-likeness (QED) is 0.629. The van der Waals surface area contributed by atoms with Crippen LogP contribution < -0.4 is 9.47 Å². The average molecular weight is 455 g/mol. The number of likely N-dealkylation sites (tertiary alicyclic amines) is 1. The number of amides is 2. The Morgan fingerprint density at radius 1 is 1.00 bits per heavy atom. The normalized spacial score (nSPS) is 20.7. The van der Waals surface area contributed by atoms with Crippen molar-refractivity contribution in [1.82, 2.24) is 9.80 Å². The molecule has 4 rings (SSSR count). The molecule has 0 radical (unpaired) electrons. The van der Waals surface area contributed by atoms with Crippen molar-refractivity contribution in [2.24, 2.45) is 0 Å². The van der Waals surface area contributed by atoms with Crippen LogP contribution in [0.4, 0.5) is 0 Å². The first kappa shape index (κ1) is 22.5. The second-order valence-corrected chi connectivity index (χ2v) is 9.17. The second kappa shape index (κ2) is 9.45. The molecule has 1 fully saturated rings.